The Morgan fingerprint density at radius 1 is 1.30 bits per heavy atom. The summed E-state index contributed by atoms with van der Waals surface area (Å²) in [4.78, 5) is 11.4. The Balaban J connectivity index is 1.65. The largest absolute Gasteiger partial charge is 0.479 e. The van der Waals surface area contributed by atoms with Gasteiger partial charge in [0, 0.05) is 5.02 Å². The maximum absolute atomic E-state index is 11.4. The molecular formula is C16H17ClO3. The molecule has 4 heteroatoms. The highest BCUT2D eigenvalue weighted by Gasteiger charge is 2.38. The number of aliphatic carboxylic acids is 1. The van der Waals surface area contributed by atoms with Crippen LogP contribution in [0.25, 0.3) is 0 Å². The highest BCUT2D eigenvalue weighted by molar-refractivity contribution is 6.30. The molecule has 4 atom stereocenters. The first-order valence-corrected chi connectivity index (χ1v) is 7.33. The van der Waals surface area contributed by atoms with E-state index in [9.17, 15) is 9.90 Å². The van der Waals surface area contributed by atoms with E-state index in [2.05, 4.69) is 12.2 Å². The molecule has 1 N–H and O–H groups in total. The van der Waals surface area contributed by atoms with E-state index in [1.165, 1.54) is 6.42 Å². The van der Waals surface area contributed by atoms with Crippen molar-refractivity contribution in [1.29, 1.82) is 0 Å². The Morgan fingerprint density at radius 3 is 2.60 bits per heavy atom. The van der Waals surface area contributed by atoms with Crippen LogP contribution in [0.2, 0.25) is 5.02 Å². The number of hydrogen-bond acceptors (Lipinski definition) is 2. The number of halogens is 1. The van der Waals surface area contributed by atoms with Crippen LogP contribution in [0.1, 0.15) is 19.3 Å². The van der Waals surface area contributed by atoms with Crippen LogP contribution in [0.4, 0.5) is 0 Å². The molecule has 0 aromatic heterocycles. The molecule has 0 amide bonds. The van der Waals surface area contributed by atoms with Gasteiger partial charge in [0.25, 0.3) is 0 Å². The normalized spacial score (nSPS) is 28.6. The van der Waals surface area contributed by atoms with Crippen molar-refractivity contribution in [2.24, 2.45) is 17.8 Å². The van der Waals surface area contributed by atoms with Crippen LogP contribution in [-0.4, -0.2) is 17.2 Å². The second-order valence-electron chi connectivity index (χ2n) is 5.67. The molecule has 0 heterocycles. The number of fused-ring (bicyclic) bond motifs is 2. The topological polar surface area (TPSA) is 46.5 Å². The number of carboxylic acid groups (broad SMARTS) is 1. The maximum atomic E-state index is 11.4. The van der Waals surface area contributed by atoms with Crippen molar-refractivity contribution in [1.82, 2.24) is 0 Å². The van der Waals surface area contributed by atoms with Crippen molar-refractivity contribution in [3.05, 3.63) is 41.4 Å². The summed E-state index contributed by atoms with van der Waals surface area (Å²) in [6, 6.07) is 6.82. The second kappa shape index (κ2) is 5.49. The molecule has 0 spiro atoms. The van der Waals surface area contributed by atoms with E-state index >= 15 is 0 Å². The molecule has 3 nitrogen and oxygen atoms in total. The number of allylic oxidation sites excluding steroid dienone is 2. The Morgan fingerprint density at radius 2 is 2.05 bits per heavy atom. The zero-order valence-corrected chi connectivity index (χ0v) is 11.8. The number of rotatable bonds is 5. The summed E-state index contributed by atoms with van der Waals surface area (Å²) in [7, 11) is 0. The summed E-state index contributed by atoms with van der Waals surface area (Å²) < 4.78 is 5.62. The number of hydrogen-bond donors (Lipinski definition) is 1. The van der Waals surface area contributed by atoms with Gasteiger partial charge in [-0.25, -0.2) is 4.79 Å². The first kappa shape index (κ1) is 13.5. The van der Waals surface area contributed by atoms with Crippen molar-refractivity contribution in [3.8, 4) is 5.75 Å². The van der Waals surface area contributed by atoms with Gasteiger partial charge in [0.2, 0.25) is 0 Å². The molecule has 2 aliphatic carbocycles. The molecule has 0 aliphatic heterocycles. The predicted molar refractivity (Wildman–Crippen MR) is 77.0 cm³/mol. The summed E-state index contributed by atoms with van der Waals surface area (Å²) in [5.74, 6) is 1.27. The molecule has 1 fully saturated rings. The van der Waals surface area contributed by atoms with Crippen LogP contribution in [0.15, 0.2) is 36.4 Å². The molecule has 1 saturated carbocycles. The van der Waals surface area contributed by atoms with Crippen molar-refractivity contribution in [2.75, 3.05) is 0 Å². The number of benzene rings is 1. The number of carboxylic acids is 1. The van der Waals surface area contributed by atoms with Gasteiger partial charge in [-0.2, -0.15) is 0 Å². The van der Waals surface area contributed by atoms with Gasteiger partial charge >= 0.3 is 5.97 Å². The lowest BCUT2D eigenvalue weighted by Crippen LogP contribution is -2.30. The average molecular weight is 293 g/mol. The van der Waals surface area contributed by atoms with Gasteiger partial charge in [0.05, 0.1) is 0 Å². The van der Waals surface area contributed by atoms with Crippen molar-refractivity contribution in [2.45, 2.75) is 25.4 Å². The molecule has 106 valence electrons. The third kappa shape index (κ3) is 2.83. The van der Waals surface area contributed by atoms with E-state index in [1.807, 2.05) is 0 Å². The van der Waals surface area contributed by atoms with Gasteiger partial charge in [-0.05, 0) is 61.3 Å². The molecule has 4 unspecified atom stereocenters. The average Bonchev–Trinajstić information content (AvgIpc) is 3.02. The lowest BCUT2D eigenvalue weighted by atomic mass is 9.88. The van der Waals surface area contributed by atoms with Gasteiger partial charge in [-0.3, -0.25) is 0 Å². The van der Waals surface area contributed by atoms with Crippen LogP contribution in [-0.2, 0) is 4.79 Å². The molecular weight excluding hydrogens is 276 g/mol. The third-order valence-electron chi connectivity index (χ3n) is 4.30. The smallest absolute Gasteiger partial charge is 0.344 e. The zero-order chi connectivity index (χ0) is 14.1. The van der Waals surface area contributed by atoms with Crippen LogP contribution in [0, 0.1) is 17.8 Å². The van der Waals surface area contributed by atoms with Crippen LogP contribution in [0.3, 0.4) is 0 Å². The second-order valence-corrected chi connectivity index (χ2v) is 6.11. The van der Waals surface area contributed by atoms with E-state index in [1.54, 1.807) is 24.3 Å². The summed E-state index contributed by atoms with van der Waals surface area (Å²) in [6.45, 7) is 0. The lowest BCUT2D eigenvalue weighted by molar-refractivity contribution is -0.146. The predicted octanol–water partition coefficient (Wildman–Crippen LogP) is 3.77. The fourth-order valence-electron chi connectivity index (χ4n) is 3.32. The van der Waals surface area contributed by atoms with Gasteiger partial charge in [-0.1, -0.05) is 23.8 Å². The van der Waals surface area contributed by atoms with Crippen molar-refractivity contribution in [3.63, 3.8) is 0 Å². The van der Waals surface area contributed by atoms with Gasteiger partial charge < -0.3 is 9.84 Å². The standard InChI is InChI=1S/C16H17ClO3/c17-13-3-5-14(6-4-13)20-15(16(18)19)9-12-8-10-1-2-11(12)7-10/h1-6,10-12,15H,7-9H2,(H,18,19). The van der Waals surface area contributed by atoms with Crippen molar-refractivity contribution < 1.29 is 14.6 Å². The minimum Gasteiger partial charge on any atom is -0.479 e. The zero-order valence-electron chi connectivity index (χ0n) is 11.0. The fourth-order valence-corrected chi connectivity index (χ4v) is 3.44. The third-order valence-corrected chi connectivity index (χ3v) is 4.55. The molecule has 20 heavy (non-hydrogen) atoms. The molecule has 0 saturated heterocycles. The summed E-state index contributed by atoms with van der Waals surface area (Å²) >= 11 is 5.81. The molecule has 0 radical (unpaired) electrons. The van der Waals surface area contributed by atoms with E-state index in [-0.39, 0.29) is 0 Å². The van der Waals surface area contributed by atoms with E-state index < -0.39 is 12.1 Å². The van der Waals surface area contributed by atoms with E-state index in [4.69, 9.17) is 16.3 Å². The highest BCUT2D eigenvalue weighted by atomic mass is 35.5. The molecule has 2 bridgehead atoms. The number of carbonyl (C=O) groups is 1. The van der Waals surface area contributed by atoms with Gasteiger partial charge in [-0.15, -0.1) is 0 Å². The van der Waals surface area contributed by atoms with Gasteiger partial charge in [0.1, 0.15) is 5.75 Å². The summed E-state index contributed by atoms with van der Waals surface area (Å²) in [5.41, 5.74) is 0. The first-order valence-electron chi connectivity index (χ1n) is 6.95. The highest BCUT2D eigenvalue weighted by Crippen LogP contribution is 2.45. The fraction of sp³-hybridized carbons (Fsp3) is 0.438. The number of ether oxygens (including phenoxy) is 1. The summed E-state index contributed by atoms with van der Waals surface area (Å²) in [6.07, 6.45) is 6.56. The molecule has 1 aromatic rings. The van der Waals surface area contributed by atoms with E-state index in [0.29, 0.717) is 34.9 Å². The molecule has 2 aliphatic rings. The Bertz CT molecular complexity index is 523. The molecule has 3 rings (SSSR count). The molecule has 1 aromatic carbocycles. The van der Waals surface area contributed by atoms with Crippen LogP contribution in [0.5, 0.6) is 5.75 Å². The minimum atomic E-state index is -0.897. The maximum Gasteiger partial charge on any atom is 0.344 e. The first-order chi connectivity index (χ1) is 9.61. The SMILES string of the molecule is O=C(O)C(CC1CC2C=CC1C2)Oc1ccc(Cl)cc1. The lowest BCUT2D eigenvalue weighted by Gasteiger charge is -2.23. The quantitative estimate of drug-likeness (QED) is 0.840. The van der Waals surface area contributed by atoms with Gasteiger partial charge in [0.15, 0.2) is 6.10 Å². The minimum absolute atomic E-state index is 0.429. The summed E-state index contributed by atoms with van der Waals surface area (Å²) in [5, 5.41) is 9.96. The Labute approximate surface area is 123 Å². The monoisotopic (exact) mass is 292 g/mol. The van der Waals surface area contributed by atoms with Crippen LogP contribution < -0.4 is 4.74 Å². The Kier molecular flexibility index (Phi) is 3.70. The van der Waals surface area contributed by atoms with E-state index in [0.717, 1.165) is 6.42 Å². The van der Waals surface area contributed by atoms with Crippen molar-refractivity contribution >= 4 is 17.6 Å². The van der Waals surface area contributed by atoms with Crippen LogP contribution >= 0.6 is 11.6 Å². The Hall–Kier alpha value is -1.48.